The molecule has 0 aliphatic heterocycles. The lowest BCUT2D eigenvalue weighted by molar-refractivity contribution is 0.969. The van der Waals surface area contributed by atoms with Crippen LogP contribution in [0.25, 0.3) is 0 Å². The van der Waals surface area contributed by atoms with Gasteiger partial charge in [-0.3, -0.25) is 0 Å². The minimum absolute atomic E-state index is 0.266. The molecule has 0 aromatic carbocycles. The number of hydrogen-bond acceptors (Lipinski definition) is 8. The lowest BCUT2D eigenvalue weighted by Crippen LogP contribution is -2.07. The third-order valence-electron chi connectivity index (χ3n) is 1.62. The van der Waals surface area contributed by atoms with E-state index in [1.807, 2.05) is 19.0 Å². The smallest absolute Gasteiger partial charge is 0.221 e. The van der Waals surface area contributed by atoms with Crippen LogP contribution < -0.4 is 10.6 Å². The summed E-state index contributed by atoms with van der Waals surface area (Å²) in [6.45, 7) is 0. The van der Waals surface area contributed by atoms with Gasteiger partial charge in [0.05, 0.1) is 0 Å². The molecule has 2 aromatic heterocycles. The second kappa shape index (κ2) is 4.62. The quantitative estimate of drug-likeness (QED) is 0.822. The molecule has 16 heavy (non-hydrogen) atoms. The standard InChI is InChI=1S/C8H10N6S2/c1-14(2)7-12-13-8(16-7)15-5-3-4-10-6(9)11-5/h3-4H,1-2H3,(H2,9,10,11). The van der Waals surface area contributed by atoms with Crippen LogP contribution in [0.3, 0.4) is 0 Å². The van der Waals surface area contributed by atoms with Crippen molar-refractivity contribution in [1.29, 1.82) is 0 Å². The first-order valence-corrected chi connectivity index (χ1v) is 6.05. The first kappa shape index (κ1) is 11.1. The number of hydrogen-bond donors (Lipinski definition) is 1. The van der Waals surface area contributed by atoms with Gasteiger partial charge in [0.1, 0.15) is 5.03 Å². The van der Waals surface area contributed by atoms with Crippen LogP contribution in [0.4, 0.5) is 11.1 Å². The fourth-order valence-electron chi connectivity index (χ4n) is 0.927. The first-order chi connectivity index (χ1) is 7.65. The van der Waals surface area contributed by atoms with Crippen LogP contribution in [-0.2, 0) is 0 Å². The van der Waals surface area contributed by atoms with E-state index >= 15 is 0 Å². The highest BCUT2D eigenvalue weighted by Crippen LogP contribution is 2.31. The molecule has 84 valence electrons. The van der Waals surface area contributed by atoms with Crippen molar-refractivity contribution in [1.82, 2.24) is 20.2 Å². The van der Waals surface area contributed by atoms with Crippen LogP contribution >= 0.6 is 23.1 Å². The summed E-state index contributed by atoms with van der Waals surface area (Å²) in [6.07, 6.45) is 1.62. The summed E-state index contributed by atoms with van der Waals surface area (Å²) in [6, 6.07) is 1.79. The van der Waals surface area contributed by atoms with Crippen molar-refractivity contribution in [2.24, 2.45) is 0 Å². The minimum atomic E-state index is 0.266. The number of aromatic nitrogens is 4. The zero-order chi connectivity index (χ0) is 11.5. The van der Waals surface area contributed by atoms with Gasteiger partial charge in [-0.1, -0.05) is 11.3 Å². The van der Waals surface area contributed by atoms with Crippen molar-refractivity contribution < 1.29 is 0 Å². The predicted molar refractivity (Wildman–Crippen MR) is 64.8 cm³/mol. The molecule has 0 spiro atoms. The van der Waals surface area contributed by atoms with Crippen molar-refractivity contribution in [3.8, 4) is 0 Å². The molecule has 2 aromatic rings. The van der Waals surface area contributed by atoms with Crippen molar-refractivity contribution in [2.45, 2.75) is 9.37 Å². The molecule has 0 aliphatic rings. The van der Waals surface area contributed by atoms with E-state index in [0.29, 0.717) is 0 Å². The zero-order valence-corrected chi connectivity index (χ0v) is 10.4. The van der Waals surface area contributed by atoms with E-state index in [1.165, 1.54) is 23.1 Å². The molecule has 0 fully saturated rings. The number of rotatable bonds is 3. The van der Waals surface area contributed by atoms with Crippen molar-refractivity contribution >= 4 is 34.2 Å². The van der Waals surface area contributed by atoms with Gasteiger partial charge < -0.3 is 10.6 Å². The molecule has 8 heteroatoms. The summed E-state index contributed by atoms with van der Waals surface area (Å²) < 4.78 is 0.835. The molecule has 0 saturated carbocycles. The average Bonchev–Trinajstić information content (AvgIpc) is 2.66. The maximum absolute atomic E-state index is 5.49. The van der Waals surface area contributed by atoms with Gasteiger partial charge in [-0.2, -0.15) is 0 Å². The second-order valence-electron chi connectivity index (χ2n) is 3.10. The van der Waals surface area contributed by atoms with Crippen molar-refractivity contribution in [3.63, 3.8) is 0 Å². The Hall–Kier alpha value is -1.41. The van der Waals surface area contributed by atoms with Crippen molar-refractivity contribution in [3.05, 3.63) is 12.3 Å². The molecule has 0 amide bonds. The third-order valence-corrected chi connectivity index (χ3v) is 3.70. The Kier molecular flexibility index (Phi) is 3.20. The van der Waals surface area contributed by atoms with Gasteiger partial charge >= 0.3 is 0 Å². The van der Waals surface area contributed by atoms with Gasteiger partial charge in [0.2, 0.25) is 11.1 Å². The molecule has 0 aliphatic carbocycles. The van der Waals surface area contributed by atoms with E-state index < -0.39 is 0 Å². The monoisotopic (exact) mass is 254 g/mol. The van der Waals surface area contributed by atoms with E-state index in [0.717, 1.165) is 14.5 Å². The zero-order valence-electron chi connectivity index (χ0n) is 8.78. The number of nitrogen functional groups attached to an aromatic ring is 1. The first-order valence-electron chi connectivity index (χ1n) is 4.42. The van der Waals surface area contributed by atoms with Gasteiger partial charge in [0, 0.05) is 20.3 Å². The number of nitrogens with zero attached hydrogens (tertiary/aromatic N) is 5. The van der Waals surface area contributed by atoms with Gasteiger partial charge in [0.15, 0.2) is 4.34 Å². The van der Waals surface area contributed by atoms with E-state index in [1.54, 1.807) is 12.3 Å². The molecule has 0 unspecified atom stereocenters. The van der Waals surface area contributed by atoms with Gasteiger partial charge in [-0.05, 0) is 17.8 Å². The normalized spacial score (nSPS) is 10.4. The van der Waals surface area contributed by atoms with E-state index in [2.05, 4.69) is 20.2 Å². The molecule has 2 N–H and O–H groups in total. The summed E-state index contributed by atoms with van der Waals surface area (Å²) in [5, 5.41) is 9.72. The van der Waals surface area contributed by atoms with Crippen LogP contribution in [0.5, 0.6) is 0 Å². The van der Waals surface area contributed by atoms with Crippen LogP contribution in [0, 0.1) is 0 Å². The maximum Gasteiger partial charge on any atom is 0.221 e. The molecule has 0 atom stereocenters. The average molecular weight is 254 g/mol. The van der Waals surface area contributed by atoms with E-state index in [-0.39, 0.29) is 5.95 Å². The molecular weight excluding hydrogens is 244 g/mol. The summed E-state index contributed by atoms with van der Waals surface area (Å²) >= 11 is 2.93. The fourth-order valence-corrected chi connectivity index (χ4v) is 2.60. The Balaban J connectivity index is 2.14. The molecule has 2 rings (SSSR count). The number of nitrogens with two attached hydrogens (primary N) is 1. The topological polar surface area (TPSA) is 80.8 Å². The summed E-state index contributed by atoms with van der Waals surface area (Å²) in [5.41, 5.74) is 5.49. The highest BCUT2D eigenvalue weighted by molar-refractivity contribution is 8.01. The van der Waals surface area contributed by atoms with Crippen LogP contribution in [0.2, 0.25) is 0 Å². The Morgan fingerprint density at radius 2 is 2.19 bits per heavy atom. The lowest BCUT2D eigenvalue weighted by atomic mass is 10.7. The summed E-state index contributed by atoms with van der Waals surface area (Å²) in [7, 11) is 3.86. The molecule has 6 nitrogen and oxygen atoms in total. The SMILES string of the molecule is CN(C)c1nnc(Sc2ccnc(N)n2)s1. The van der Waals surface area contributed by atoms with Crippen LogP contribution in [0.15, 0.2) is 21.6 Å². The highest BCUT2D eigenvalue weighted by Gasteiger charge is 2.08. The Morgan fingerprint density at radius 3 is 2.81 bits per heavy atom. The molecule has 0 radical (unpaired) electrons. The largest absolute Gasteiger partial charge is 0.368 e. The van der Waals surface area contributed by atoms with E-state index in [9.17, 15) is 0 Å². The highest BCUT2D eigenvalue weighted by atomic mass is 32.2. The Labute approximate surface area is 101 Å². The minimum Gasteiger partial charge on any atom is -0.368 e. The molecule has 0 saturated heterocycles. The van der Waals surface area contributed by atoms with Crippen LogP contribution in [-0.4, -0.2) is 34.3 Å². The second-order valence-corrected chi connectivity index (χ2v) is 5.32. The predicted octanol–water partition coefficient (Wildman–Crippen LogP) is 1.13. The van der Waals surface area contributed by atoms with Gasteiger partial charge in [0.25, 0.3) is 0 Å². The van der Waals surface area contributed by atoms with Crippen LogP contribution in [0.1, 0.15) is 0 Å². The summed E-state index contributed by atoms with van der Waals surface area (Å²) in [5.74, 6) is 0.266. The Bertz CT molecular complexity index is 483. The number of anilines is 2. The lowest BCUT2D eigenvalue weighted by Gasteiger charge is -2.03. The van der Waals surface area contributed by atoms with Gasteiger partial charge in [-0.25, -0.2) is 9.97 Å². The molecule has 2 heterocycles. The fraction of sp³-hybridized carbons (Fsp3) is 0.250. The molecular formula is C8H10N6S2. The molecule has 0 bridgehead atoms. The van der Waals surface area contributed by atoms with Crippen molar-refractivity contribution in [2.75, 3.05) is 24.7 Å². The Morgan fingerprint density at radius 1 is 1.38 bits per heavy atom. The van der Waals surface area contributed by atoms with Gasteiger partial charge in [-0.15, -0.1) is 10.2 Å². The summed E-state index contributed by atoms with van der Waals surface area (Å²) in [4.78, 5) is 9.82. The third kappa shape index (κ3) is 2.58. The van der Waals surface area contributed by atoms with E-state index in [4.69, 9.17) is 5.73 Å². The maximum atomic E-state index is 5.49.